The maximum atomic E-state index is 13.2. The number of hydrogen-bond donors (Lipinski definition) is 1. The Morgan fingerprint density at radius 3 is 1.96 bits per heavy atom. The molecule has 0 atom stereocenters. The van der Waals surface area contributed by atoms with Gasteiger partial charge in [-0.25, -0.2) is 0 Å². The molecular weight excluding hydrogens is 393 g/mol. The van der Waals surface area contributed by atoms with Crippen molar-refractivity contribution in [3.63, 3.8) is 0 Å². The highest BCUT2D eigenvalue weighted by atomic mass is 35.5. The summed E-state index contributed by atoms with van der Waals surface area (Å²) in [5, 5.41) is 3.63. The van der Waals surface area contributed by atoms with Crippen LogP contribution in [0, 0.1) is 0 Å². The predicted octanol–water partition coefficient (Wildman–Crippen LogP) is 5.97. The Hall–Kier alpha value is -2.62. The minimum atomic E-state index is -0.350. The molecule has 0 aliphatic heterocycles. The molecule has 0 unspecified atom stereocenters. The van der Waals surface area contributed by atoms with E-state index in [4.69, 9.17) is 23.2 Å². The quantitative estimate of drug-likeness (QED) is 0.539. The van der Waals surface area contributed by atoms with Gasteiger partial charge in [0.1, 0.15) is 0 Å². The molecule has 5 heteroatoms. The first-order valence-electron chi connectivity index (χ1n) is 9.05. The number of rotatable bonds is 4. The van der Waals surface area contributed by atoms with Gasteiger partial charge in [-0.3, -0.25) is 9.59 Å². The van der Waals surface area contributed by atoms with E-state index in [0.717, 1.165) is 30.4 Å². The van der Waals surface area contributed by atoms with Crippen molar-refractivity contribution >= 4 is 40.6 Å². The van der Waals surface area contributed by atoms with Crippen LogP contribution in [0.1, 0.15) is 43.8 Å². The number of hydrogen-bond acceptors (Lipinski definition) is 2. The minimum Gasteiger partial charge on any atom is -0.321 e. The van der Waals surface area contributed by atoms with E-state index in [1.807, 2.05) is 12.1 Å². The van der Waals surface area contributed by atoms with Crippen LogP contribution in [0.2, 0.25) is 10.0 Å². The van der Waals surface area contributed by atoms with Gasteiger partial charge < -0.3 is 5.32 Å². The minimum absolute atomic E-state index is 0.213. The van der Waals surface area contributed by atoms with Gasteiger partial charge in [0.25, 0.3) is 5.91 Å². The molecule has 0 saturated heterocycles. The molecule has 3 aromatic carbocycles. The molecule has 0 saturated carbocycles. The fraction of sp³-hybridized carbons (Fsp3) is 0.130. The van der Waals surface area contributed by atoms with Crippen LogP contribution >= 0.6 is 23.2 Å². The van der Waals surface area contributed by atoms with Crippen molar-refractivity contribution in [2.24, 2.45) is 0 Å². The molecule has 1 aliphatic carbocycles. The van der Waals surface area contributed by atoms with E-state index in [9.17, 15) is 9.59 Å². The number of carbonyl (C=O) groups excluding carboxylic acids is 2. The lowest BCUT2D eigenvalue weighted by atomic mass is 9.97. The Bertz CT molecular complexity index is 1090. The Kier molecular flexibility index (Phi) is 5.21. The van der Waals surface area contributed by atoms with E-state index in [1.165, 1.54) is 0 Å². The Balaban J connectivity index is 1.76. The first-order valence-corrected chi connectivity index (χ1v) is 9.81. The fourth-order valence-corrected chi connectivity index (χ4v) is 3.98. The zero-order valence-corrected chi connectivity index (χ0v) is 16.5. The van der Waals surface area contributed by atoms with Crippen LogP contribution in [0.4, 0.5) is 5.69 Å². The standard InChI is InChI=1S/C23H17Cl2NO2/c24-19-10-3-1-8-16(19)22(27)18-12-14-6-5-7-15(14)13-21(18)26-23(28)17-9-2-4-11-20(17)25/h1-4,8-13H,5-7H2,(H,26,28). The van der Waals surface area contributed by atoms with E-state index in [0.29, 0.717) is 32.4 Å². The van der Waals surface area contributed by atoms with Gasteiger partial charge >= 0.3 is 0 Å². The van der Waals surface area contributed by atoms with Crippen molar-refractivity contribution < 1.29 is 9.59 Å². The average molecular weight is 410 g/mol. The van der Waals surface area contributed by atoms with Crippen LogP contribution in [0.5, 0.6) is 0 Å². The van der Waals surface area contributed by atoms with E-state index >= 15 is 0 Å². The summed E-state index contributed by atoms with van der Waals surface area (Å²) in [5.41, 5.74) is 4.00. The molecule has 0 heterocycles. The maximum Gasteiger partial charge on any atom is 0.257 e. The second-order valence-electron chi connectivity index (χ2n) is 6.76. The lowest BCUT2D eigenvalue weighted by Crippen LogP contribution is -2.16. The Morgan fingerprint density at radius 2 is 1.32 bits per heavy atom. The monoisotopic (exact) mass is 409 g/mol. The highest BCUT2D eigenvalue weighted by molar-refractivity contribution is 6.36. The second-order valence-corrected chi connectivity index (χ2v) is 7.58. The summed E-state index contributed by atoms with van der Waals surface area (Å²) in [6.07, 6.45) is 2.90. The average Bonchev–Trinajstić information content (AvgIpc) is 3.15. The molecule has 3 aromatic rings. The summed E-state index contributed by atoms with van der Waals surface area (Å²) in [4.78, 5) is 26.0. The third kappa shape index (κ3) is 3.56. The normalized spacial score (nSPS) is 12.5. The van der Waals surface area contributed by atoms with Gasteiger partial charge in [-0.2, -0.15) is 0 Å². The van der Waals surface area contributed by atoms with Gasteiger partial charge in [-0.05, 0) is 66.8 Å². The number of amides is 1. The number of anilines is 1. The number of aryl methyl sites for hydroxylation is 2. The molecule has 1 amide bonds. The van der Waals surface area contributed by atoms with Gasteiger partial charge in [0, 0.05) is 11.1 Å². The zero-order chi connectivity index (χ0) is 19.7. The van der Waals surface area contributed by atoms with E-state index in [2.05, 4.69) is 5.32 Å². The molecule has 1 N–H and O–H groups in total. The van der Waals surface area contributed by atoms with Crippen molar-refractivity contribution in [1.82, 2.24) is 0 Å². The van der Waals surface area contributed by atoms with Gasteiger partial charge in [0.15, 0.2) is 5.78 Å². The van der Waals surface area contributed by atoms with Crippen molar-refractivity contribution in [1.29, 1.82) is 0 Å². The third-order valence-corrected chi connectivity index (χ3v) is 5.62. The molecular formula is C23H17Cl2NO2. The van der Waals surface area contributed by atoms with Crippen molar-refractivity contribution in [3.8, 4) is 0 Å². The highest BCUT2D eigenvalue weighted by Gasteiger charge is 2.22. The van der Waals surface area contributed by atoms with E-state index < -0.39 is 0 Å². The first kappa shape index (κ1) is 18.7. The first-order chi connectivity index (χ1) is 13.5. The summed E-state index contributed by atoms with van der Waals surface area (Å²) in [7, 11) is 0. The number of carbonyl (C=O) groups is 2. The third-order valence-electron chi connectivity index (χ3n) is 4.96. The van der Waals surface area contributed by atoms with Crippen molar-refractivity contribution in [2.45, 2.75) is 19.3 Å². The smallest absolute Gasteiger partial charge is 0.257 e. The van der Waals surface area contributed by atoms with Crippen LogP contribution in [0.3, 0.4) is 0 Å². The summed E-state index contributed by atoms with van der Waals surface area (Å²) >= 11 is 12.4. The summed E-state index contributed by atoms with van der Waals surface area (Å²) in [6, 6.07) is 17.5. The molecule has 3 nitrogen and oxygen atoms in total. The van der Waals surface area contributed by atoms with Crippen LogP contribution in [0.25, 0.3) is 0 Å². The fourth-order valence-electron chi connectivity index (χ4n) is 3.54. The SMILES string of the molecule is O=C(Nc1cc2c(cc1C(=O)c1ccccc1Cl)CCC2)c1ccccc1Cl. The van der Waals surface area contributed by atoms with E-state index in [-0.39, 0.29) is 11.7 Å². The zero-order valence-electron chi connectivity index (χ0n) is 15.0. The molecule has 4 rings (SSSR count). The molecule has 0 radical (unpaired) electrons. The van der Waals surface area contributed by atoms with Gasteiger partial charge in [-0.15, -0.1) is 0 Å². The van der Waals surface area contributed by atoms with Crippen LogP contribution in [-0.4, -0.2) is 11.7 Å². The maximum absolute atomic E-state index is 13.2. The largest absolute Gasteiger partial charge is 0.321 e. The van der Waals surface area contributed by atoms with Crippen LogP contribution in [-0.2, 0) is 12.8 Å². The molecule has 28 heavy (non-hydrogen) atoms. The van der Waals surface area contributed by atoms with Crippen LogP contribution < -0.4 is 5.32 Å². The lowest BCUT2D eigenvalue weighted by molar-refractivity contribution is 0.102. The number of fused-ring (bicyclic) bond motifs is 1. The van der Waals surface area contributed by atoms with Gasteiger partial charge in [0.2, 0.25) is 0 Å². The highest BCUT2D eigenvalue weighted by Crippen LogP contribution is 2.32. The van der Waals surface area contributed by atoms with Crippen molar-refractivity contribution in [3.05, 3.63) is 98.5 Å². The Labute approximate surface area is 173 Å². The number of halogens is 2. The number of benzene rings is 3. The lowest BCUT2D eigenvalue weighted by Gasteiger charge is -2.14. The van der Waals surface area contributed by atoms with Gasteiger partial charge in [0.05, 0.1) is 21.3 Å². The molecule has 140 valence electrons. The summed E-state index contributed by atoms with van der Waals surface area (Å²) in [5.74, 6) is -0.563. The van der Waals surface area contributed by atoms with Gasteiger partial charge in [-0.1, -0.05) is 47.5 Å². The van der Waals surface area contributed by atoms with E-state index in [1.54, 1.807) is 48.5 Å². The molecule has 0 bridgehead atoms. The number of nitrogens with one attached hydrogen (secondary N) is 1. The Morgan fingerprint density at radius 1 is 0.750 bits per heavy atom. The van der Waals surface area contributed by atoms with Crippen molar-refractivity contribution in [2.75, 3.05) is 5.32 Å². The summed E-state index contributed by atoms with van der Waals surface area (Å²) in [6.45, 7) is 0. The summed E-state index contributed by atoms with van der Waals surface area (Å²) < 4.78 is 0. The van der Waals surface area contributed by atoms with Crippen LogP contribution in [0.15, 0.2) is 60.7 Å². The molecule has 0 aromatic heterocycles. The number of ketones is 1. The molecule has 0 fully saturated rings. The molecule has 1 aliphatic rings. The predicted molar refractivity (Wildman–Crippen MR) is 113 cm³/mol. The second kappa shape index (κ2) is 7.78. The molecule has 0 spiro atoms. The topological polar surface area (TPSA) is 46.2 Å².